The van der Waals surface area contributed by atoms with Crippen molar-refractivity contribution in [2.24, 2.45) is 5.10 Å². The van der Waals surface area contributed by atoms with E-state index >= 15 is 0 Å². The smallest absolute Gasteiger partial charge is 0.329 e. The topological polar surface area (TPSA) is 132 Å². The van der Waals surface area contributed by atoms with E-state index in [-0.39, 0.29) is 11.4 Å². The maximum Gasteiger partial charge on any atom is 0.329 e. The molecule has 0 atom stereocenters. The number of rotatable bonds is 8. The molecule has 0 heterocycles. The summed E-state index contributed by atoms with van der Waals surface area (Å²) >= 11 is 0. The Labute approximate surface area is 189 Å². The highest BCUT2D eigenvalue weighted by Gasteiger charge is 2.15. The molecule has 3 aromatic carbocycles. The van der Waals surface area contributed by atoms with Crippen LogP contribution in [0.25, 0.3) is 0 Å². The molecule has 0 unspecified atom stereocenters. The molecule has 10 nitrogen and oxygen atoms in total. The van der Waals surface area contributed by atoms with Gasteiger partial charge in [-0.15, -0.1) is 0 Å². The van der Waals surface area contributed by atoms with Crippen molar-refractivity contribution in [3.8, 4) is 11.5 Å². The predicted octanol–water partition coefficient (Wildman–Crippen LogP) is 3.27. The van der Waals surface area contributed by atoms with Crippen molar-refractivity contribution in [3.05, 3.63) is 94.0 Å². The van der Waals surface area contributed by atoms with Gasteiger partial charge in [0.2, 0.25) is 0 Å². The van der Waals surface area contributed by atoms with Crippen molar-refractivity contribution >= 4 is 29.4 Å². The Morgan fingerprint density at radius 1 is 1.03 bits per heavy atom. The zero-order valence-corrected chi connectivity index (χ0v) is 17.6. The first kappa shape index (κ1) is 22.9. The molecule has 0 saturated carbocycles. The summed E-state index contributed by atoms with van der Waals surface area (Å²) in [4.78, 5) is 34.4. The molecule has 2 amide bonds. The maximum atomic E-state index is 12.0. The first-order chi connectivity index (χ1) is 16.0. The number of benzene rings is 3. The molecule has 0 saturated heterocycles. The second-order valence-corrected chi connectivity index (χ2v) is 6.64. The van der Waals surface area contributed by atoms with Gasteiger partial charge in [0.15, 0.2) is 5.75 Å². The number of nitro benzene ring substituents is 1. The summed E-state index contributed by atoms with van der Waals surface area (Å²) in [6.45, 7) is 0.407. The van der Waals surface area contributed by atoms with E-state index in [9.17, 15) is 19.7 Å². The molecule has 0 spiro atoms. The molecule has 0 bridgehead atoms. The predicted molar refractivity (Wildman–Crippen MR) is 121 cm³/mol. The van der Waals surface area contributed by atoms with Gasteiger partial charge in [-0.25, -0.2) is 5.43 Å². The first-order valence-corrected chi connectivity index (χ1v) is 9.70. The zero-order chi connectivity index (χ0) is 23.6. The molecule has 0 aliphatic rings. The molecule has 0 fully saturated rings. The van der Waals surface area contributed by atoms with E-state index in [1.54, 1.807) is 24.3 Å². The third kappa shape index (κ3) is 6.62. The van der Waals surface area contributed by atoms with Crippen molar-refractivity contribution in [3.63, 3.8) is 0 Å². The third-order valence-corrected chi connectivity index (χ3v) is 4.35. The molecule has 168 valence electrons. The molecule has 2 N–H and O–H groups in total. The highest BCUT2D eigenvalue weighted by atomic mass is 16.6. The van der Waals surface area contributed by atoms with Crippen LogP contribution in [0.4, 0.5) is 11.4 Å². The Kier molecular flexibility index (Phi) is 7.68. The van der Waals surface area contributed by atoms with Gasteiger partial charge in [0.05, 0.1) is 18.2 Å². The Morgan fingerprint density at radius 3 is 2.42 bits per heavy atom. The summed E-state index contributed by atoms with van der Waals surface area (Å²) in [6.07, 6.45) is 1.18. The fraction of sp³-hybridized carbons (Fsp3) is 0.0870. The van der Waals surface area contributed by atoms with Crippen LogP contribution in [0.3, 0.4) is 0 Å². The number of carbonyl (C=O) groups excluding carboxylic acids is 2. The molecule has 0 radical (unpaired) electrons. The number of nitrogens with one attached hydrogen (secondary N) is 2. The number of nitrogens with zero attached hydrogens (tertiary/aromatic N) is 2. The van der Waals surface area contributed by atoms with Crippen LogP contribution in [0.5, 0.6) is 11.5 Å². The van der Waals surface area contributed by atoms with Crippen molar-refractivity contribution in [2.45, 2.75) is 6.61 Å². The summed E-state index contributed by atoms with van der Waals surface area (Å²) < 4.78 is 10.6. The van der Waals surface area contributed by atoms with E-state index in [0.29, 0.717) is 23.6 Å². The lowest BCUT2D eigenvalue weighted by molar-refractivity contribution is -0.385. The summed E-state index contributed by atoms with van der Waals surface area (Å²) in [5, 5.41) is 17.2. The second-order valence-electron chi connectivity index (χ2n) is 6.64. The van der Waals surface area contributed by atoms with Crippen LogP contribution < -0.4 is 20.2 Å². The number of hydrazone groups is 1. The van der Waals surface area contributed by atoms with Gasteiger partial charge in [-0.1, -0.05) is 30.3 Å². The fourth-order valence-corrected chi connectivity index (χ4v) is 2.71. The van der Waals surface area contributed by atoms with Crippen molar-refractivity contribution in [2.75, 3.05) is 12.4 Å². The number of carbonyl (C=O) groups is 2. The molecule has 33 heavy (non-hydrogen) atoms. The molecule has 0 aliphatic heterocycles. The number of anilines is 1. The Hall–Kier alpha value is -4.73. The van der Waals surface area contributed by atoms with Crippen molar-refractivity contribution < 1.29 is 24.0 Å². The largest absolute Gasteiger partial charge is 0.490 e. The minimum atomic E-state index is -1.00. The Bertz CT molecular complexity index is 1160. The van der Waals surface area contributed by atoms with Crippen LogP contribution in [-0.2, 0) is 16.2 Å². The van der Waals surface area contributed by atoms with Crippen LogP contribution in [0.2, 0.25) is 0 Å². The van der Waals surface area contributed by atoms with Crippen molar-refractivity contribution in [1.29, 1.82) is 0 Å². The van der Waals surface area contributed by atoms with Gasteiger partial charge >= 0.3 is 17.5 Å². The van der Waals surface area contributed by atoms with Crippen LogP contribution in [0, 0.1) is 10.1 Å². The number of nitro groups is 1. The molecular formula is C23H20N4O6. The minimum absolute atomic E-state index is 0.0945. The monoisotopic (exact) mass is 448 g/mol. The lowest BCUT2D eigenvalue weighted by Gasteiger charge is -2.08. The van der Waals surface area contributed by atoms with Crippen LogP contribution in [0.15, 0.2) is 77.9 Å². The summed E-state index contributed by atoms with van der Waals surface area (Å²) in [5.74, 6) is -1.22. The van der Waals surface area contributed by atoms with Gasteiger partial charge < -0.3 is 14.8 Å². The van der Waals surface area contributed by atoms with Gasteiger partial charge in [0.25, 0.3) is 0 Å². The molecule has 3 rings (SSSR count). The number of methoxy groups -OCH3 is 1. The molecular weight excluding hydrogens is 428 g/mol. The maximum absolute atomic E-state index is 12.0. The molecule has 0 aliphatic carbocycles. The van der Waals surface area contributed by atoms with Gasteiger partial charge in [-0.2, -0.15) is 5.10 Å². The SMILES string of the molecule is COc1ccc(C=NNC(=O)C(=O)Nc2ccc(OCc3ccccc3)cc2)cc1[N+](=O)[O-]. The van der Waals surface area contributed by atoms with Gasteiger partial charge in [-0.05, 0) is 42.0 Å². The quantitative estimate of drug-likeness (QED) is 0.235. The summed E-state index contributed by atoms with van der Waals surface area (Å²) in [6, 6.07) is 20.4. The van der Waals surface area contributed by atoms with E-state index in [4.69, 9.17) is 9.47 Å². The number of ether oxygens (including phenoxy) is 2. The average Bonchev–Trinajstić information content (AvgIpc) is 2.84. The number of hydrogen-bond donors (Lipinski definition) is 2. The van der Waals surface area contributed by atoms with Gasteiger partial charge in [0, 0.05) is 17.3 Å². The van der Waals surface area contributed by atoms with Crippen LogP contribution >= 0.6 is 0 Å². The van der Waals surface area contributed by atoms with Crippen LogP contribution in [-0.4, -0.2) is 30.1 Å². The number of hydrogen-bond acceptors (Lipinski definition) is 7. The van der Waals surface area contributed by atoms with E-state index in [2.05, 4.69) is 15.8 Å². The van der Waals surface area contributed by atoms with Gasteiger partial charge in [0.1, 0.15) is 12.4 Å². The van der Waals surface area contributed by atoms with E-state index in [1.165, 1.54) is 31.5 Å². The highest BCUT2D eigenvalue weighted by Crippen LogP contribution is 2.26. The first-order valence-electron chi connectivity index (χ1n) is 9.70. The van der Waals surface area contributed by atoms with E-state index in [0.717, 1.165) is 5.56 Å². The average molecular weight is 448 g/mol. The fourth-order valence-electron chi connectivity index (χ4n) is 2.71. The molecule has 3 aromatic rings. The second kappa shape index (κ2) is 11.0. The summed E-state index contributed by atoms with van der Waals surface area (Å²) in [5.41, 5.74) is 3.59. The highest BCUT2D eigenvalue weighted by molar-refractivity contribution is 6.39. The Balaban J connectivity index is 1.50. The van der Waals surface area contributed by atoms with E-state index in [1.807, 2.05) is 30.3 Å². The minimum Gasteiger partial charge on any atom is -0.490 e. The van der Waals surface area contributed by atoms with Crippen LogP contribution in [0.1, 0.15) is 11.1 Å². The number of amides is 2. The summed E-state index contributed by atoms with van der Waals surface area (Å²) in [7, 11) is 1.32. The molecule has 10 heteroatoms. The third-order valence-electron chi connectivity index (χ3n) is 4.35. The normalized spacial score (nSPS) is 10.5. The molecule has 0 aromatic heterocycles. The van der Waals surface area contributed by atoms with Crippen molar-refractivity contribution in [1.82, 2.24) is 5.43 Å². The lowest BCUT2D eigenvalue weighted by atomic mass is 10.2. The zero-order valence-electron chi connectivity index (χ0n) is 17.6. The van der Waals surface area contributed by atoms with E-state index < -0.39 is 16.7 Å². The Morgan fingerprint density at radius 2 is 1.76 bits per heavy atom. The van der Waals surface area contributed by atoms with Gasteiger partial charge in [-0.3, -0.25) is 19.7 Å². The lowest BCUT2D eigenvalue weighted by Crippen LogP contribution is -2.32. The standard InChI is InChI=1S/C23H20N4O6/c1-32-21-12-7-17(13-20(21)27(30)31)14-24-26-23(29)22(28)25-18-8-10-19(11-9-18)33-15-16-5-3-2-4-6-16/h2-14H,15H2,1H3,(H,25,28)(H,26,29).